The van der Waals surface area contributed by atoms with Crippen LogP contribution in [0.25, 0.3) is 0 Å². The van der Waals surface area contributed by atoms with Gasteiger partial charge in [-0.15, -0.1) is 0 Å². The molecular weight excluding hydrogens is 232 g/mol. The summed E-state index contributed by atoms with van der Waals surface area (Å²) >= 11 is 0. The van der Waals surface area contributed by atoms with Crippen molar-refractivity contribution in [1.29, 1.82) is 0 Å². The number of nitrogens with zero attached hydrogens (tertiary/aromatic N) is 1. The molecule has 1 aromatic rings. The molecule has 0 spiro atoms. The van der Waals surface area contributed by atoms with Gasteiger partial charge in [0.25, 0.3) is 5.91 Å². The first kappa shape index (κ1) is 14.2. The van der Waals surface area contributed by atoms with Crippen LogP contribution in [0.4, 0.5) is 0 Å². The van der Waals surface area contributed by atoms with Crippen molar-refractivity contribution in [1.82, 2.24) is 10.3 Å². The summed E-state index contributed by atoms with van der Waals surface area (Å²) in [5, 5.41) is 2.83. The molecular formula is C13H18N2O3. The maximum atomic E-state index is 11.5. The number of hydrogen-bond donors (Lipinski definition) is 1. The maximum absolute atomic E-state index is 11.5. The Morgan fingerprint density at radius 1 is 1.44 bits per heavy atom. The van der Waals surface area contributed by atoms with Gasteiger partial charge in [0.1, 0.15) is 11.4 Å². The Kier molecular flexibility index (Phi) is 5.30. The molecule has 0 radical (unpaired) electrons. The summed E-state index contributed by atoms with van der Waals surface area (Å²) in [5.41, 5.74) is 0.334. The van der Waals surface area contributed by atoms with E-state index in [1.54, 1.807) is 6.07 Å². The highest BCUT2D eigenvalue weighted by Gasteiger charge is 2.11. The van der Waals surface area contributed by atoms with Crippen molar-refractivity contribution in [2.24, 2.45) is 5.92 Å². The number of aldehydes is 1. The van der Waals surface area contributed by atoms with E-state index in [1.807, 2.05) is 20.8 Å². The van der Waals surface area contributed by atoms with E-state index in [-0.39, 0.29) is 18.6 Å². The molecule has 0 aliphatic heterocycles. The SMILES string of the molecule is CC(C)C(C)NC(=O)COc1ccc(C=O)nc1. The van der Waals surface area contributed by atoms with Gasteiger partial charge in [-0.3, -0.25) is 9.59 Å². The maximum Gasteiger partial charge on any atom is 0.258 e. The van der Waals surface area contributed by atoms with Gasteiger partial charge < -0.3 is 10.1 Å². The van der Waals surface area contributed by atoms with Crippen molar-refractivity contribution in [2.45, 2.75) is 26.8 Å². The van der Waals surface area contributed by atoms with Crippen molar-refractivity contribution in [3.8, 4) is 5.75 Å². The third kappa shape index (κ3) is 4.53. The molecule has 0 fully saturated rings. The van der Waals surface area contributed by atoms with Crippen molar-refractivity contribution < 1.29 is 14.3 Å². The quantitative estimate of drug-likeness (QED) is 0.775. The zero-order chi connectivity index (χ0) is 13.5. The van der Waals surface area contributed by atoms with Crippen molar-refractivity contribution in [2.75, 3.05) is 6.61 Å². The van der Waals surface area contributed by atoms with Gasteiger partial charge in [0.05, 0.1) is 6.20 Å². The minimum atomic E-state index is -0.171. The van der Waals surface area contributed by atoms with E-state index < -0.39 is 0 Å². The normalized spacial score (nSPS) is 12.0. The summed E-state index contributed by atoms with van der Waals surface area (Å²) in [5.74, 6) is 0.672. The van der Waals surface area contributed by atoms with E-state index in [1.165, 1.54) is 12.3 Å². The number of hydrogen-bond acceptors (Lipinski definition) is 4. The predicted octanol–water partition coefficient (Wildman–Crippen LogP) is 1.43. The first-order chi connectivity index (χ1) is 8.52. The molecule has 0 aliphatic carbocycles. The van der Waals surface area contributed by atoms with Crippen LogP contribution in [0.2, 0.25) is 0 Å². The smallest absolute Gasteiger partial charge is 0.258 e. The highest BCUT2D eigenvalue weighted by Crippen LogP contribution is 2.08. The van der Waals surface area contributed by atoms with Crippen molar-refractivity contribution in [3.63, 3.8) is 0 Å². The Morgan fingerprint density at radius 2 is 2.17 bits per heavy atom. The van der Waals surface area contributed by atoms with E-state index in [4.69, 9.17) is 4.74 Å². The number of aromatic nitrogens is 1. The third-order valence-electron chi connectivity index (χ3n) is 2.64. The number of carbonyl (C=O) groups excluding carboxylic acids is 2. The zero-order valence-corrected chi connectivity index (χ0v) is 10.8. The van der Waals surface area contributed by atoms with Gasteiger partial charge in [-0.1, -0.05) is 13.8 Å². The lowest BCUT2D eigenvalue weighted by atomic mass is 10.1. The van der Waals surface area contributed by atoms with E-state index >= 15 is 0 Å². The molecule has 1 amide bonds. The van der Waals surface area contributed by atoms with Gasteiger partial charge in [0, 0.05) is 6.04 Å². The van der Waals surface area contributed by atoms with Gasteiger partial charge in [-0.05, 0) is 25.0 Å². The van der Waals surface area contributed by atoms with Crippen LogP contribution in [-0.4, -0.2) is 29.8 Å². The van der Waals surface area contributed by atoms with Crippen molar-refractivity contribution in [3.05, 3.63) is 24.0 Å². The lowest BCUT2D eigenvalue weighted by Gasteiger charge is -2.17. The Balaban J connectivity index is 2.40. The Hall–Kier alpha value is -1.91. The van der Waals surface area contributed by atoms with Crippen LogP contribution in [-0.2, 0) is 4.79 Å². The number of rotatable bonds is 6. The lowest BCUT2D eigenvalue weighted by Crippen LogP contribution is -2.38. The average molecular weight is 250 g/mol. The molecule has 1 N–H and O–H groups in total. The number of pyridine rings is 1. The summed E-state index contributed by atoms with van der Waals surface area (Å²) in [6.07, 6.45) is 2.07. The van der Waals surface area contributed by atoms with E-state index in [0.717, 1.165) is 0 Å². The number of ether oxygens (including phenoxy) is 1. The molecule has 1 atom stereocenters. The van der Waals surface area contributed by atoms with Crippen LogP contribution in [0.15, 0.2) is 18.3 Å². The van der Waals surface area contributed by atoms with Crippen LogP contribution in [0, 0.1) is 5.92 Å². The van der Waals surface area contributed by atoms with Gasteiger partial charge in [0.15, 0.2) is 12.9 Å². The molecule has 1 heterocycles. The van der Waals surface area contributed by atoms with Crippen LogP contribution in [0.5, 0.6) is 5.75 Å². The number of carbonyl (C=O) groups is 2. The zero-order valence-electron chi connectivity index (χ0n) is 10.8. The molecule has 1 rings (SSSR count). The molecule has 1 unspecified atom stereocenters. The van der Waals surface area contributed by atoms with Gasteiger partial charge >= 0.3 is 0 Å². The standard InChI is InChI=1S/C13H18N2O3/c1-9(2)10(3)15-13(17)8-18-12-5-4-11(7-16)14-6-12/h4-7,9-10H,8H2,1-3H3,(H,15,17). The molecule has 18 heavy (non-hydrogen) atoms. The highest BCUT2D eigenvalue weighted by atomic mass is 16.5. The van der Waals surface area contributed by atoms with E-state index in [2.05, 4.69) is 10.3 Å². The molecule has 5 nitrogen and oxygen atoms in total. The highest BCUT2D eigenvalue weighted by molar-refractivity contribution is 5.77. The second-order valence-electron chi connectivity index (χ2n) is 4.43. The van der Waals surface area contributed by atoms with Gasteiger partial charge in [-0.2, -0.15) is 0 Å². The molecule has 0 saturated heterocycles. The molecule has 0 aliphatic rings. The topological polar surface area (TPSA) is 68.3 Å². The second-order valence-corrected chi connectivity index (χ2v) is 4.43. The summed E-state index contributed by atoms with van der Waals surface area (Å²) in [4.78, 5) is 25.8. The molecule has 0 saturated carbocycles. The second kappa shape index (κ2) is 6.74. The average Bonchev–Trinajstić information content (AvgIpc) is 2.36. The Bertz CT molecular complexity index is 401. The largest absolute Gasteiger partial charge is 0.482 e. The number of amides is 1. The fraction of sp³-hybridized carbons (Fsp3) is 0.462. The first-order valence-corrected chi connectivity index (χ1v) is 5.86. The Labute approximate surface area is 107 Å². The lowest BCUT2D eigenvalue weighted by molar-refractivity contribution is -0.124. The monoisotopic (exact) mass is 250 g/mol. The van der Waals surface area contributed by atoms with E-state index in [9.17, 15) is 9.59 Å². The van der Waals surface area contributed by atoms with Crippen LogP contribution < -0.4 is 10.1 Å². The summed E-state index contributed by atoms with van der Waals surface area (Å²) in [7, 11) is 0. The van der Waals surface area contributed by atoms with Crippen LogP contribution in [0.3, 0.4) is 0 Å². The van der Waals surface area contributed by atoms with Crippen LogP contribution >= 0.6 is 0 Å². The summed E-state index contributed by atoms with van der Waals surface area (Å²) in [6, 6.07) is 3.25. The first-order valence-electron chi connectivity index (χ1n) is 5.86. The van der Waals surface area contributed by atoms with Crippen molar-refractivity contribution >= 4 is 12.2 Å². The minimum absolute atomic E-state index is 0.0564. The van der Waals surface area contributed by atoms with Gasteiger partial charge in [-0.25, -0.2) is 4.98 Å². The third-order valence-corrected chi connectivity index (χ3v) is 2.64. The Morgan fingerprint density at radius 3 is 2.67 bits per heavy atom. The summed E-state index contributed by atoms with van der Waals surface area (Å²) < 4.78 is 5.26. The van der Waals surface area contributed by atoms with E-state index in [0.29, 0.717) is 23.6 Å². The molecule has 0 aromatic carbocycles. The number of nitrogens with one attached hydrogen (secondary N) is 1. The fourth-order valence-corrected chi connectivity index (χ4v) is 1.16. The molecule has 0 bridgehead atoms. The summed E-state index contributed by atoms with van der Waals surface area (Å²) in [6.45, 7) is 5.96. The van der Waals surface area contributed by atoms with Crippen LogP contribution in [0.1, 0.15) is 31.3 Å². The minimum Gasteiger partial charge on any atom is -0.482 e. The van der Waals surface area contributed by atoms with Gasteiger partial charge in [0.2, 0.25) is 0 Å². The predicted molar refractivity (Wildman–Crippen MR) is 67.6 cm³/mol. The molecule has 98 valence electrons. The molecule has 5 heteroatoms. The molecule has 1 aromatic heterocycles. The fourth-order valence-electron chi connectivity index (χ4n) is 1.16.